The number of fused-ring (bicyclic) bond motifs is 3. The first-order chi connectivity index (χ1) is 16.3. The van der Waals surface area contributed by atoms with Crippen molar-refractivity contribution >= 4 is 23.4 Å². The van der Waals surface area contributed by atoms with Crippen LogP contribution in [0.25, 0.3) is 0 Å². The molecule has 4 aliphatic rings. The Morgan fingerprint density at radius 1 is 1.12 bits per heavy atom. The highest BCUT2D eigenvalue weighted by molar-refractivity contribution is 6.30. The fourth-order valence-electron chi connectivity index (χ4n) is 5.73. The molecule has 1 aliphatic heterocycles. The van der Waals surface area contributed by atoms with Gasteiger partial charge < -0.3 is 20.1 Å². The van der Waals surface area contributed by atoms with Crippen LogP contribution in [0.1, 0.15) is 43.6 Å². The van der Waals surface area contributed by atoms with Crippen LogP contribution in [0.3, 0.4) is 0 Å². The second-order valence-corrected chi connectivity index (χ2v) is 10.3. The number of amides is 2. The first-order valence-electron chi connectivity index (χ1n) is 11.7. The molecule has 6 rings (SSSR count). The topological polar surface area (TPSA) is 78.9 Å². The van der Waals surface area contributed by atoms with Crippen LogP contribution in [-0.4, -0.2) is 53.2 Å². The van der Waals surface area contributed by atoms with Gasteiger partial charge in [-0.25, -0.2) is 4.39 Å². The van der Waals surface area contributed by atoms with E-state index in [-0.39, 0.29) is 29.2 Å². The van der Waals surface area contributed by atoms with E-state index in [2.05, 4.69) is 17.4 Å². The molecule has 2 aromatic rings. The highest BCUT2D eigenvalue weighted by atomic mass is 35.5. The molecule has 8 heteroatoms. The van der Waals surface area contributed by atoms with Crippen LogP contribution in [0.5, 0.6) is 5.75 Å². The molecule has 34 heavy (non-hydrogen) atoms. The molecule has 3 saturated carbocycles. The zero-order chi connectivity index (χ0) is 23.9. The zero-order valence-electron chi connectivity index (χ0n) is 18.8. The summed E-state index contributed by atoms with van der Waals surface area (Å²) in [6, 6.07) is 14.2. The molecule has 2 amide bonds. The number of halogens is 2. The lowest BCUT2D eigenvalue weighted by Gasteiger charge is -2.57. The van der Waals surface area contributed by atoms with E-state index >= 15 is 0 Å². The molecule has 1 unspecified atom stereocenters. The molecule has 0 radical (unpaired) electrons. The van der Waals surface area contributed by atoms with Crippen LogP contribution in [0.15, 0.2) is 48.5 Å². The summed E-state index contributed by atoms with van der Waals surface area (Å²) in [6.45, 7) is 1.13. The Kier molecular flexibility index (Phi) is 6.02. The van der Waals surface area contributed by atoms with Gasteiger partial charge >= 0.3 is 0 Å². The van der Waals surface area contributed by atoms with Crippen molar-refractivity contribution in [3.63, 3.8) is 0 Å². The molecule has 1 saturated heterocycles. The van der Waals surface area contributed by atoms with Gasteiger partial charge in [-0.15, -0.1) is 0 Å². The molecule has 2 N–H and O–H groups in total. The van der Waals surface area contributed by atoms with Crippen LogP contribution in [-0.2, 0) is 9.59 Å². The van der Waals surface area contributed by atoms with E-state index in [0.29, 0.717) is 51.1 Å². The van der Waals surface area contributed by atoms with E-state index < -0.39 is 22.9 Å². The molecule has 0 spiro atoms. The maximum Gasteiger partial charge on any atom is 0.258 e. The van der Waals surface area contributed by atoms with Gasteiger partial charge in [-0.3, -0.25) is 9.59 Å². The van der Waals surface area contributed by atoms with E-state index in [1.54, 1.807) is 0 Å². The fraction of sp³-hybridized carbons (Fsp3) is 0.462. The molecule has 1 heterocycles. The Morgan fingerprint density at radius 2 is 1.82 bits per heavy atom. The maximum absolute atomic E-state index is 13.6. The Hall–Kier alpha value is -2.64. The van der Waals surface area contributed by atoms with Crippen LogP contribution in [0, 0.1) is 11.2 Å². The summed E-state index contributed by atoms with van der Waals surface area (Å²) < 4.78 is 19.0. The highest BCUT2D eigenvalue weighted by Gasteiger charge is 2.59. The SMILES string of the molecule is O=C(COc1ccc(Cl)c(F)c1)NC12CCC(C(=O)N3CC(c4ccccc4)C3)(CC1)CC2O. The molecule has 3 aliphatic carbocycles. The van der Waals surface area contributed by atoms with Gasteiger partial charge in [-0.05, 0) is 49.8 Å². The van der Waals surface area contributed by atoms with Gasteiger partial charge in [-0.2, -0.15) is 0 Å². The number of hydrogen-bond acceptors (Lipinski definition) is 4. The minimum Gasteiger partial charge on any atom is -0.484 e. The first-order valence-corrected chi connectivity index (χ1v) is 12.1. The third-order valence-corrected chi connectivity index (χ3v) is 8.17. The summed E-state index contributed by atoms with van der Waals surface area (Å²) in [6.07, 6.45) is 1.90. The largest absolute Gasteiger partial charge is 0.484 e. The lowest BCUT2D eigenvalue weighted by molar-refractivity contribution is -0.164. The number of likely N-dealkylation sites (tertiary alicyclic amines) is 1. The normalized spacial score (nSPS) is 28.3. The van der Waals surface area contributed by atoms with Crippen molar-refractivity contribution in [2.75, 3.05) is 19.7 Å². The van der Waals surface area contributed by atoms with Gasteiger partial charge in [0, 0.05) is 25.1 Å². The molecular weight excluding hydrogens is 459 g/mol. The van der Waals surface area contributed by atoms with Crippen molar-refractivity contribution in [3.05, 3.63) is 64.9 Å². The number of nitrogens with one attached hydrogen (secondary N) is 1. The fourth-order valence-corrected chi connectivity index (χ4v) is 5.85. The molecule has 0 aromatic heterocycles. The summed E-state index contributed by atoms with van der Waals surface area (Å²) >= 11 is 5.67. The number of benzene rings is 2. The number of nitrogens with zero attached hydrogens (tertiary/aromatic N) is 1. The predicted molar refractivity (Wildman–Crippen MR) is 125 cm³/mol. The number of hydrogen-bond donors (Lipinski definition) is 2. The monoisotopic (exact) mass is 486 g/mol. The Bertz CT molecular complexity index is 1080. The lowest BCUT2D eigenvalue weighted by Crippen LogP contribution is -2.68. The van der Waals surface area contributed by atoms with E-state index in [9.17, 15) is 19.1 Å². The van der Waals surface area contributed by atoms with Gasteiger partial charge in [-0.1, -0.05) is 41.9 Å². The summed E-state index contributed by atoms with van der Waals surface area (Å²) in [5, 5.41) is 13.9. The molecule has 6 nitrogen and oxygen atoms in total. The van der Waals surface area contributed by atoms with Crippen molar-refractivity contribution in [3.8, 4) is 5.75 Å². The van der Waals surface area contributed by atoms with Gasteiger partial charge in [0.15, 0.2) is 6.61 Å². The zero-order valence-corrected chi connectivity index (χ0v) is 19.6. The van der Waals surface area contributed by atoms with E-state index in [4.69, 9.17) is 16.3 Å². The van der Waals surface area contributed by atoms with Gasteiger partial charge in [0.25, 0.3) is 5.91 Å². The van der Waals surface area contributed by atoms with Crippen LogP contribution < -0.4 is 10.1 Å². The van der Waals surface area contributed by atoms with Crippen molar-refractivity contribution in [1.29, 1.82) is 0 Å². The average molecular weight is 487 g/mol. The average Bonchev–Trinajstić information content (AvgIpc) is 2.81. The highest BCUT2D eigenvalue weighted by Crippen LogP contribution is 2.54. The number of rotatable bonds is 6. The minimum absolute atomic E-state index is 0.0185. The molecule has 180 valence electrons. The molecular formula is C26H28ClFN2O4. The number of carbonyl (C=O) groups excluding carboxylic acids is 2. The van der Waals surface area contributed by atoms with E-state index in [1.807, 2.05) is 23.1 Å². The van der Waals surface area contributed by atoms with Crippen molar-refractivity contribution in [2.24, 2.45) is 5.41 Å². The molecule has 2 bridgehead atoms. The third-order valence-electron chi connectivity index (χ3n) is 7.86. The van der Waals surface area contributed by atoms with Crippen molar-refractivity contribution in [1.82, 2.24) is 10.2 Å². The predicted octanol–water partition coefficient (Wildman–Crippen LogP) is 3.66. The van der Waals surface area contributed by atoms with Gasteiger partial charge in [0.05, 0.1) is 22.1 Å². The quantitative estimate of drug-likeness (QED) is 0.653. The number of ether oxygens (including phenoxy) is 1. The molecule has 2 aromatic carbocycles. The Labute approximate surface area is 203 Å². The smallest absolute Gasteiger partial charge is 0.258 e. The molecule has 1 atom stereocenters. The van der Waals surface area contributed by atoms with Crippen molar-refractivity contribution < 1.29 is 23.8 Å². The maximum atomic E-state index is 13.6. The van der Waals surface area contributed by atoms with Crippen LogP contribution in [0.2, 0.25) is 5.02 Å². The number of aliphatic hydroxyl groups is 1. The Morgan fingerprint density at radius 3 is 2.47 bits per heavy atom. The van der Waals surface area contributed by atoms with Gasteiger partial charge in [0.1, 0.15) is 11.6 Å². The number of carbonyl (C=O) groups is 2. The lowest BCUT2D eigenvalue weighted by atomic mass is 9.55. The van der Waals surface area contributed by atoms with Gasteiger partial charge in [0.2, 0.25) is 5.91 Å². The van der Waals surface area contributed by atoms with Crippen LogP contribution >= 0.6 is 11.6 Å². The summed E-state index contributed by atoms with van der Waals surface area (Å²) in [4.78, 5) is 27.9. The second kappa shape index (κ2) is 8.86. The number of aliphatic hydroxyl groups excluding tert-OH is 1. The third kappa shape index (κ3) is 4.16. The van der Waals surface area contributed by atoms with Crippen molar-refractivity contribution in [2.45, 2.75) is 49.7 Å². The van der Waals surface area contributed by atoms with E-state index in [0.717, 1.165) is 6.07 Å². The summed E-state index contributed by atoms with van der Waals surface area (Å²) in [5.41, 5.74) is -0.0539. The Balaban J connectivity index is 1.16. The second-order valence-electron chi connectivity index (χ2n) is 9.89. The minimum atomic E-state index is -0.804. The summed E-state index contributed by atoms with van der Waals surface area (Å²) in [7, 11) is 0. The van der Waals surface area contributed by atoms with E-state index in [1.165, 1.54) is 17.7 Å². The van der Waals surface area contributed by atoms with Crippen LogP contribution in [0.4, 0.5) is 4.39 Å². The molecule has 4 fully saturated rings. The standard InChI is InChI=1S/C26H28ClFN2O4/c27-20-7-6-19(12-21(20)28)34-16-23(32)29-26-10-8-25(9-11-26,13-22(26)31)24(33)30-14-18(15-30)17-4-2-1-3-5-17/h1-7,12,18,22,31H,8-11,13-16H2,(H,29,32). The first kappa shape index (κ1) is 23.1. The summed E-state index contributed by atoms with van der Waals surface area (Å²) in [5.74, 6) is -0.303.